The summed E-state index contributed by atoms with van der Waals surface area (Å²) < 4.78 is 0. The molecule has 0 aromatic rings. The van der Waals surface area contributed by atoms with Crippen LogP contribution in [0.2, 0.25) is 0 Å². The minimum absolute atomic E-state index is 0.954. The van der Waals surface area contributed by atoms with Crippen molar-refractivity contribution in [3.8, 4) is 0 Å². The van der Waals surface area contributed by atoms with Gasteiger partial charge in [-0.1, -0.05) is 46.5 Å². The van der Waals surface area contributed by atoms with Crippen molar-refractivity contribution < 1.29 is 40.5 Å². The average Bonchev–Trinajstić information content (AvgIpc) is 2.27. The summed E-state index contributed by atoms with van der Waals surface area (Å²) in [5.41, 5.74) is 0. The molecule has 0 aromatic heterocycles. The normalized spacial score (nSPS) is 9.17. The Labute approximate surface area is 106 Å². The molecule has 0 radical (unpaired) electrons. The largest absolute Gasteiger partial charge is 0.503 e. The topological polar surface area (TPSA) is 156 Å². The van der Waals surface area contributed by atoms with Crippen LogP contribution in [0.3, 0.4) is 0 Å². The van der Waals surface area contributed by atoms with E-state index in [1.54, 1.807) is 0 Å². The lowest BCUT2D eigenvalue weighted by Gasteiger charge is -2.04. The van der Waals surface area contributed by atoms with E-state index >= 15 is 0 Å². The van der Waals surface area contributed by atoms with Crippen LogP contribution in [0.25, 0.3) is 0 Å². The van der Waals surface area contributed by atoms with Crippen LogP contribution in [0.1, 0.15) is 46.5 Å². The van der Waals surface area contributed by atoms with Crippen LogP contribution in [0.15, 0.2) is 0 Å². The first-order valence-electron chi connectivity index (χ1n) is 5.31. The van der Waals surface area contributed by atoms with E-state index in [1.165, 1.54) is 25.7 Å². The van der Waals surface area contributed by atoms with Gasteiger partial charge in [0.15, 0.2) is 0 Å². The van der Waals surface area contributed by atoms with E-state index in [2.05, 4.69) is 20.8 Å². The van der Waals surface area contributed by atoms with E-state index in [0.29, 0.717) is 0 Å². The maximum atomic E-state index is 8.56. The SMILES string of the molecule is CCCCC(C)CC.O=C(O)O.O=C(O)O.OO. The van der Waals surface area contributed by atoms with Gasteiger partial charge < -0.3 is 20.4 Å². The van der Waals surface area contributed by atoms with Gasteiger partial charge in [-0.2, -0.15) is 0 Å². The number of hydrogen-bond donors (Lipinski definition) is 6. The maximum Gasteiger partial charge on any atom is 0.503 e. The zero-order valence-corrected chi connectivity index (χ0v) is 10.9. The highest BCUT2D eigenvalue weighted by atomic mass is 17.0. The highest BCUT2D eigenvalue weighted by molar-refractivity contribution is 5.53. The molecule has 18 heavy (non-hydrogen) atoms. The third-order valence-electron chi connectivity index (χ3n) is 1.75. The molecule has 0 amide bonds. The molecule has 0 aliphatic heterocycles. The lowest BCUT2D eigenvalue weighted by molar-refractivity contribution is -0.176. The predicted molar refractivity (Wildman–Crippen MR) is 65.5 cm³/mol. The Morgan fingerprint density at radius 2 is 1.22 bits per heavy atom. The molecule has 6 N–H and O–H groups in total. The summed E-state index contributed by atoms with van der Waals surface area (Å²) in [6, 6.07) is 0. The summed E-state index contributed by atoms with van der Waals surface area (Å²) in [6.45, 7) is 6.85. The van der Waals surface area contributed by atoms with Gasteiger partial charge in [0.2, 0.25) is 0 Å². The first-order valence-corrected chi connectivity index (χ1v) is 5.31. The number of rotatable bonds is 4. The van der Waals surface area contributed by atoms with Crippen molar-refractivity contribution in [3.63, 3.8) is 0 Å². The van der Waals surface area contributed by atoms with Crippen molar-refractivity contribution >= 4 is 12.3 Å². The predicted octanol–water partition coefficient (Wildman–Crippen LogP) is 3.68. The lowest BCUT2D eigenvalue weighted by atomic mass is 10.0. The second-order valence-corrected chi connectivity index (χ2v) is 3.22. The summed E-state index contributed by atoms with van der Waals surface area (Å²) >= 11 is 0. The molecule has 1 atom stereocenters. The molecule has 8 heteroatoms. The fourth-order valence-corrected chi connectivity index (χ4v) is 0.757. The van der Waals surface area contributed by atoms with E-state index < -0.39 is 12.3 Å². The quantitative estimate of drug-likeness (QED) is 0.334. The Morgan fingerprint density at radius 3 is 1.39 bits per heavy atom. The van der Waals surface area contributed by atoms with Gasteiger partial charge in [0.1, 0.15) is 0 Å². The summed E-state index contributed by atoms with van der Waals surface area (Å²) in [5.74, 6) is 0.954. The van der Waals surface area contributed by atoms with Gasteiger partial charge in [0, 0.05) is 0 Å². The van der Waals surface area contributed by atoms with E-state index in [-0.39, 0.29) is 0 Å². The molecule has 0 bridgehead atoms. The minimum Gasteiger partial charge on any atom is -0.450 e. The van der Waals surface area contributed by atoms with Gasteiger partial charge in [-0.05, 0) is 5.92 Å². The highest BCUT2D eigenvalue weighted by Gasteiger charge is 1.94. The number of carbonyl (C=O) groups is 2. The Balaban J connectivity index is -0.0000000834. The standard InChI is InChI=1S/C8H18.2CH2O3.H2O2/c1-4-6-7-8(3)5-2;2*2-1(3)4;1-2/h8H,4-7H2,1-3H3;2*(H2,2,3,4);1-2H. The van der Waals surface area contributed by atoms with E-state index in [9.17, 15) is 0 Å². The van der Waals surface area contributed by atoms with Gasteiger partial charge >= 0.3 is 12.3 Å². The molecule has 0 aliphatic rings. The fraction of sp³-hybridized carbons (Fsp3) is 0.800. The molecule has 8 nitrogen and oxygen atoms in total. The van der Waals surface area contributed by atoms with Crippen molar-refractivity contribution in [3.05, 3.63) is 0 Å². The molecular weight excluding hydrogens is 248 g/mol. The van der Waals surface area contributed by atoms with E-state index in [1.807, 2.05) is 0 Å². The Kier molecular flexibility index (Phi) is 34.7. The second-order valence-electron chi connectivity index (χ2n) is 3.22. The van der Waals surface area contributed by atoms with Crippen molar-refractivity contribution in [2.45, 2.75) is 46.5 Å². The molecule has 0 aliphatic carbocycles. The smallest absolute Gasteiger partial charge is 0.450 e. The summed E-state index contributed by atoms with van der Waals surface area (Å²) in [7, 11) is 0. The van der Waals surface area contributed by atoms with Gasteiger partial charge in [-0.3, -0.25) is 10.5 Å². The minimum atomic E-state index is -1.83. The molecule has 112 valence electrons. The van der Waals surface area contributed by atoms with E-state index in [4.69, 9.17) is 40.5 Å². The molecule has 0 fully saturated rings. The number of hydrogen-bond acceptors (Lipinski definition) is 4. The number of unbranched alkanes of at least 4 members (excludes halogenated alkanes) is 1. The first-order chi connectivity index (χ1) is 8.27. The van der Waals surface area contributed by atoms with E-state index in [0.717, 1.165) is 5.92 Å². The third kappa shape index (κ3) is 132. The van der Waals surface area contributed by atoms with Crippen LogP contribution in [0, 0.1) is 5.92 Å². The van der Waals surface area contributed by atoms with Gasteiger partial charge in [0.05, 0.1) is 0 Å². The summed E-state index contributed by atoms with van der Waals surface area (Å²) in [5, 5.41) is 39.9. The second kappa shape index (κ2) is 24.6. The molecule has 0 spiro atoms. The first kappa shape index (κ1) is 25.3. The highest BCUT2D eigenvalue weighted by Crippen LogP contribution is 2.09. The van der Waals surface area contributed by atoms with Crippen molar-refractivity contribution in [1.29, 1.82) is 0 Å². The van der Waals surface area contributed by atoms with Crippen LogP contribution >= 0.6 is 0 Å². The Bertz CT molecular complexity index is 151. The average molecular weight is 272 g/mol. The Hall–Kier alpha value is -1.54. The monoisotopic (exact) mass is 272 g/mol. The number of carboxylic acid groups (broad SMARTS) is 4. The maximum absolute atomic E-state index is 8.56. The van der Waals surface area contributed by atoms with Gasteiger partial charge in [-0.25, -0.2) is 9.59 Å². The van der Waals surface area contributed by atoms with Crippen molar-refractivity contribution in [1.82, 2.24) is 0 Å². The van der Waals surface area contributed by atoms with Gasteiger partial charge in [0.25, 0.3) is 0 Å². The molecule has 0 aromatic carbocycles. The molecule has 0 saturated carbocycles. The van der Waals surface area contributed by atoms with Crippen LogP contribution < -0.4 is 0 Å². The lowest BCUT2D eigenvalue weighted by Crippen LogP contribution is -1.89. The molecule has 0 rings (SSSR count). The van der Waals surface area contributed by atoms with Crippen molar-refractivity contribution in [2.24, 2.45) is 5.92 Å². The molecule has 0 saturated heterocycles. The van der Waals surface area contributed by atoms with Crippen molar-refractivity contribution in [2.75, 3.05) is 0 Å². The zero-order valence-electron chi connectivity index (χ0n) is 10.9. The Morgan fingerprint density at radius 1 is 0.944 bits per heavy atom. The fourth-order valence-electron chi connectivity index (χ4n) is 0.757. The van der Waals surface area contributed by atoms with Crippen LogP contribution in [-0.4, -0.2) is 43.3 Å². The third-order valence-corrected chi connectivity index (χ3v) is 1.75. The summed E-state index contributed by atoms with van der Waals surface area (Å²) in [6.07, 6.45) is 1.87. The van der Waals surface area contributed by atoms with Crippen LogP contribution in [0.5, 0.6) is 0 Å². The van der Waals surface area contributed by atoms with Crippen LogP contribution in [0.4, 0.5) is 9.59 Å². The molecular formula is C10H24O8. The van der Waals surface area contributed by atoms with Gasteiger partial charge in [-0.15, -0.1) is 0 Å². The molecule has 0 heterocycles. The zero-order chi connectivity index (χ0) is 15.6. The molecule has 1 unspecified atom stereocenters. The van der Waals surface area contributed by atoms with Crippen LogP contribution in [-0.2, 0) is 0 Å². The summed E-state index contributed by atoms with van der Waals surface area (Å²) in [4.78, 5) is 17.1.